The van der Waals surface area contributed by atoms with E-state index in [1.165, 1.54) is 0 Å². The standard InChI is InChI=1S/C22H31FO5/c1-12-9-19(2)13(8-16(12)25)4-5-15-14-6-7-21(28,18(27)11-24)20(14,3)10-17(26)22(15,19)23/h8,12,14-15,17,24,26,28H,4-7,9-11H2,1-3H3/t12?,14-,15-,17?,19-,20-,21-,22-/m0/s1. The van der Waals surface area contributed by atoms with Crippen molar-refractivity contribution in [3.05, 3.63) is 11.6 Å². The third-order valence-electron chi connectivity index (χ3n) is 9.11. The normalized spacial score (nSPS) is 53.1. The first-order valence-electron chi connectivity index (χ1n) is 10.4. The van der Waals surface area contributed by atoms with E-state index in [2.05, 4.69) is 0 Å². The van der Waals surface area contributed by atoms with E-state index in [0.717, 1.165) is 5.57 Å². The van der Waals surface area contributed by atoms with E-state index >= 15 is 4.39 Å². The summed E-state index contributed by atoms with van der Waals surface area (Å²) in [6.07, 6.45) is 2.34. The molecule has 8 atom stereocenters. The number of halogens is 1. The third kappa shape index (κ3) is 2.12. The predicted octanol–water partition coefficient (Wildman–Crippen LogP) is 2.12. The molecule has 0 bridgehead atoms. The lowest BCUT2D eigenvalue weighted by Crippen LogP contribution is -2.69. The van der Waals surface area contributed by atoms with Crippen LogP contribution in [-0.4, -0.2) is 50.9 Å². The number of rotatable bonds is 2. The van der Waals surface area contributed by atoms with Crippen LogP contribution in [0.15, 0.2) is 11.6 Å². The molecule has 156 valence electrons. The largest absolute Gasteiger partial charge is 0.390 e. The Morgan fingerprint density at radius 2 is 1.93 bits per heavy atom. The number of allylic oxidation sites excluding steroid dienone is 1. The lowest BCUT2D eigenvalue weighted by Gasteiger charge is -2.63. The number of aliphatic hydroxyl groups excluding tert-OH is 2. The van der Waals surface area contributed by atoms with Crippen LogP contribution in [-0.2, 0) is 9.59 Å². The van der Waals surface area contributed by atoms with Crippen molar-refractivity contribution in [2.75, 3.05) is 6.61 Å². The average molecular weight is 394 g/mol. The Morgan fingerprint density at radius 3 is 2.57 bits per heavy atom. The summed E-state index contributed by atoms with van der Waals surface area (Å²) in [5, 5.41) is 31.7. The number of carbonyl (C=O) groups is 2. The molecule has 3 N–H and O–H groups in total. The second-order valence-corrected chi connectivity index (χ2v) is 10.1. The fourth-order valence-corrected chi connectivity index (χ4v) is 7.49. The summed E-state index contributed by atoms with van der Waals surface area (Å²) in [5.74, 6) is -1.67. The van der Waals surface area contributed by atoms with Gasteiger partial charge in [-0.1, -0.05) is 26.3 Å². The molecule has 2 unspecified atom stereocenters. The number of Topliss-reactive ketones (excluding diaryl/α,β-unsaturated/α-hetero) is 1. The zero-order chi connectivity index (χ0) is 20.7. The van der Waals surface area contributed by atoms with Gasteiger partial charge in [0.1, 0.15) is 17.9 Å². The fourth-order valence-electron chi connectivity index (χ4n) is 7.49. The van der Waals surface area contributed by atoms with Crippen LogP contribution < -0.4 is 0 Å². The van der Waals surface area contributed by atoms with Crippen molar-refractivity contribution < 1.29 is 29.3 Å². The van der Waals surface area contributed by atoms with Crippen LogP contribution in [0.5, 0.6) is 0 Å². The summed E-state index contributed by atoms with van der Waals surface area (Å²) in [7, 11) is 0. The lowest BCUT2D eigenvalue weighted by atomic mass is 9.43. The van der Waals surface area contributed by atoms with Crippen molar-refractivity contribution in [2.24, 2.45) is 28.6 Å². The van der Waals surface area contributed by atoms with E-state index < -0.39 is 46.5 Å². The minimum absolute atomic E-state index is 0.0217. The summed E-state index contributed by atoms with van der Waals surface area (Å²) in [4.78, 5) is 24.6. The number of hydrogen-bond donors (Lipinski definition) is 3. The fraction of sp³-hybridized carbons (Fsp3) is 0.818. The Balaban J connectivity index is 1.80. The van der Waals surface area contributed by atoms with Crippen molar-refractivity contribution in [1.29, 1.82) is 0 Å². The van der Waals surface area contributed by atoms with Crippen LogP contribution in [0.25, 0.3) is 0 Å². The highest BCUT2D eigenvalue weighted by atomic mass is 19.1. The van der Waals surface area contributed by atoms with Crippen LogP contribution in [0.3, 0.4) is 0 Å². The molecule has 5 nitrogen and oxygen atoms in total. The van der Waals surface area contributed by atoms with Crippen molar-refractivity contribution in [3.8, 4) is 0 Å². The highest BCUT2D eigenvalue weighted by molar-refractivity contribution is 5.93. The van der Waals surface area contributed by atoms with E-state index in [0.29, 0.717) is 25.7 Å². The average Bonchev–Trinajstić information content (AvgIpc) is 2.89. The number of alkyl halides is 1. The minimum Gasteiger partial charge on any atom is -0.390 e. The first-order chi connectivity index (χ1) is 13.0. The molecule has 0 spiro atoms. The Kier molecular flexibility index (Phi) is 4.29. The van der Waals surface area contributed by atoms with E-state index in [1.54, 1.807) is 19.9 Å². The van der Waals surface area contributed by atoms with E-state index in [-0.39, 0.29) is 30.5 Å². The molecule has 0 saturated heterocycles. The number of carbonyl (C=O) groups excluding carboxylic acids is 2. The van der Waals surface area contributed by atoms with Gasteiger partial charge in [0, 0.05) is 22.7 Å². The van der Waals surface area contributed by atoms with Crippen molar-refractivity contribution in [2.45, 2.75) is 76.7 Å². The lowest BCUT2D eigenvalue weighted by molar-refractivity contribution is -0.228. The molecule has 3 fully saturated rings. The zero-order valence-electron chi connectivity index (χ0n) is 16.9. The highest BCUT2D eigenvalue weighted by Crippen LogP contribution is 2.70. The second-order valence-electron chi connectivity index (χ2n) is 10.1. The maximum atomic E-state index is 17.0. The zero-order valence-corrected chi connectivity index (χ0v) is 16.9. The summed E-state index contributed by atoms with van der Waals surface area (Å²) < 4.78 is 17.0. The summed E-state index contributed by atoms with van der Waals surface area (Å²) in [6, 6.07) is 0. The third-order valence-corrected chi connectivity index (χ3v) is 9.11. The van der Waals surface area contributed by atoms with Crippen molar-refractivity contribution in [3.63, 3.8) is 0 Å². The van der Waals surface area contributed by atoms with Gasteiger partial charge in [-0.15, -0.1) is 0 Å². The maximum Gasteiger partial charge on any atom is 0.190 e. The molecule has 0 amide bonds. The van der Waals surface area contributed by atoms with Crippen molar-refractivity contribution in [1.82, 2.24) is 0 Å². The van der Waals surface area contributed by atoms with Crippen LogP contribution in [0.2, 0.25) is 0 Å². The second kappa shape index (κ2) is 5.96. The van der Waals surface area contributed by atoms with E-state index in [9.17, 15) is 24.9 Å². The number of hydrogen-bond acceptors (Lipinski definition) is 5. The van der Waals surface area contributed by atoms with Gasteiger partial charge < -0.3 is 15.3 Å². The number of fused-ring (bicyclic) bond motifs is 5. The molecule has 0 aromatic rings. The Labute approximate surface area is 165 Å². The van der Waals surface area contributed by atoms with Gasteiger partial charge in [0.15, 0.2) is 11.6 Å². The SMILES string of the molecule is CC1C[C@@]2(C)C(=CC1=O)CC[C@H]1[C@@H]3CC[C@](O)(C(=O)CO)[C@@]3(C)CC(O)[C@@]12F. The summed E-state index contributed by atoms with van der Waals surface area (Å²) in [5.41, 5.74) is -4.74. The minimum atomic E-state index is -1.90. The Bertz CT molecular complexity index is 764. The van der Waals surface area contributed by atoms with Gasteiger partial charge in [0.05, 0.1) is 6.10 Å². The predicted molar refractivity (Wildman–Crippen MR) is 100 cm³/mol. The number of ketones is 2. The van der Waals surface area contributed by atoms with Crippen molar-refractivity contribution >= 4 is 11.6 Å². The summed E-state index contributed by atoms with van der Waals surface area (Å²) >= 11 is 0. The van der Waals surface area contributed by atoms with Crippen LogP contribution in [0.1, 0.15) is 59.3 Å². The first-order valence-corrected chi connectivity index (χ1v) is 10.4. The molecule has 4 aliphatic carbocycles. The summed E-state index contributed by atoms with van der Waals surface area (Å²) in [6.45, 7) is 4.65. The van der Waals surface area contributed by atoms with Gasteiger partial charge in [0.25, 0.3) is 0 Å². The van der Waals surface area contributed by atoms with Gasteiger partial charge in [-0.05, 0) is 50.5 Å². The monoisotopic (exact) mass is 394 g/mol. The first kappa shape index (κ1) is 20.2. The quantitative estimate of drug-likeness (QED) is 0.667. The van der Waals surface area contributed by atoms with Crippen LogP contribution in [0.4, 0.5) is 4.39 Å². The molecular formula is C22H31FO5. The molecule has 0 aromatic heterocycles. The van der Waals surface area contributed by atoms with Gasteiger partial charge in [-0.2, -0.15) is 0 Å². The van der Waals surface area contributed by atoms with E-state index in [4.69, 9.17) is 0 Å². The molecule has 3 saturated carbocycles. The molecule has 0 heterocycles. The van der Waals surface area contributed by atoms with Gasteiger partial charge >= 0.3 is 0 Å². The molecular weight excluding hydrogens is 363 g/mol. The maximum absolute atomic E-state index is 17.0. The topological polar surface area (TPSA) is 94.8 Å². The van der Waals surface area contributed by atoms with Crippen LogP contribution in [0, 0.1) is 28.6 Å². The molecule has 0 radical (unpaired) electrons. The molecule has 4 aliphatic rings. The molecule has 6 heteroatoms. The smallest absolute Gasteiger partial charge is 0.190 e. The van der Waals surface area contributed by atoms with Gasteiger partial charge in [-0.3, -0.25) is 9.59 Å². The van der Waals surface area contributed by atoms with E-state index in [1.807, 2.05) is 6.92 Å². The van der Waals surface area contributed by atoms with Gasteiger partial charge in [-0.25, -0.2) is 4.39 Å². The number of aliphatic hydroxyl groups is 3. The molecule has 28 heavy (non-hydrogen) atoms. The van der Waals surface area contributed by atoms with Gasteiger partial charge in [0.2, 0.25) is 0 Å². The molecule has 0 aliphatic heterocycles. The Hall–Kier alpha value is -1.11. The Morgan fingerprint density at radius 1 is 1.25 bits per heavy atom. The van der Waals surface area contributed by atoms with Crippen LogP contribution >= 0.6 is 0 Å². The molecule has 4 rings (SSSR count). The molecule has 0 aromatic carbocycles. The highest BCUT2D eigenvalue weighted by Gasteiger charge is 2.74.